The van der Waals surface area contributed by atoms with Crippen LogP contribution >= 0.6 is 34.4 Å². The smallest absolute Gasteiger partial charge is 0.278 e. The number of fused-ring (bicyclic) bond motifs is 1. The van der Waals surface area contributed by atoms with Crippen LogP contribution in [0.2, 0.25) is 0 Å². The van der Waals surface area contributed by atoms with E-state index in [1.165, 1.54) is 10.5 Å². The fourth-order valence-corrected chi connectivity index (χ4v) is 3.28. The van der Waals surface area contributed by atoms with Crippen molar-refractivity contribution in [3.05, 3.63) is 39.6 Å². The van der Waals surface area contributed by atoms with E-state index in [1.807, 2.05) is 34.4 Å². The number of rotatable bonds is 1. The molecule has 1 aromatic heterocycles. The van der Waals surface area contributed by atoms with E-state index >= 15 is 0 Å². The highest BCUT2D eigenvalue weighted by atomic mass is 127. The van der Waals surface area contributed by atoms with Gasteiger partial charge in [0.2, 0.25) is 5.89 Å². The molecule has 1 aliphatic heterocycles. The van der Waals surface area contributed by atoms with Gasteiger partial charge in [0, 0.05) is 33.2 Å². The zero-order valence-electron chi connectivity index (χ0n) is 7.68. The first-order chi connectivity index (χ1) is 7.34. The third-order valence-corrected chi connectivity index (χ3v) is 4.03. The van der Waals surface area contributed by atoms with E-state index in [9.17, 15) is 0 Å². The second-order valence-electron chi connectivity index (χ2n) is 3.29. The fourth-order valence-electron chi connectivity index (χ4n) is 1.72. The van der Waals surface area contributed by atoms with Crippen molar-refractivity contribution < 1.29 is 4.42 Å². The molecule has 1 aliphatic rings. The molecule has 0 saturated carbocycles. The number of hydrogen-bond donors (Lipinski definition) is 0. The Hall–Kier alpha value is -0.560. The summed E-state index contributed by atoms with van der Waals surface area (Å²) in [4.78, 5) is 1.33. The average molecular weight is 330 g/mol. The minimum absolute atomic E-state index is 0.266. The molecular weight excluding hydrogens is 323 g/mol. The first-order valence-electron chi connectivity index (χ1n) is 4.55. The Balaban J connectivity index is 2.04. The van der Waals surface area contributed by atoms with Crippen LogP contribution in [-0.4, -0.2) is 16.0 Å². The van der Waals surface area contributed by atoms with Crippen molar-refractivity contribution in [2.24, 2.45) is 0 Å². The Labute approximate surface area is 105 Å². The monoisotopic (exact) mass is 330 g/mol. The van der Waals surface area contributed by atoms with Crippen molar-refractivity contribution >= 4 is 34.4 Å². The Morgan fingerprint density at radius 2 is 2.20 bits per heavy atom. The van der Waals surface area contributed by atoms with Gasteiger partial charge in [0.25, 0.3) is 3.90 Å². The van der Waals surface area contributed by atoms with Crippen molar-refractivity contribution in [3.8, 4) is 0 Å². The maximum atomic E-state index is 5.48. The Morgan fingerprint density at radius 3 is 3.00 bits per heavy atom. The van der Waals surface area contributed by atoms with E-state index in [4.69, 9.17) is 4.42 Å². The number of nitrogens with zero attached hydrogens (tertiary/aromatic N) is 2. The Kier molecular flexibility index (Phi) is 2.44. The molecule has 3 nitrogen and oxygen atoms in total. The zero-order valence-corrected chi connectivity index (χ0v) is 10.7. The number of hydrogen-bond acceptors (Lipinski definition) is 4. The van der Waals surface area contributed by atoms with Crippen molar-refractivity contribution in [2.75, 3.05) is 5.75 Å². The molecule has 0 N–H and O–H groups in total. The molecule has 0 bridgehead atoms. The van der Waals surface area contributed by atoms with Crippen LogP contribution in [0.15, 0.2) is 33.6 Å². The van der Waals surface area contributed by atoms with Gasteiger partial charge in [-0.2, -0.15) is 0 Å². The lowest BCUT2D eigenvalue weighted by Gasteiger charge is -2.03. The summed E-state index contributed by atoms with van der Waals surface area (Å²) in [5.74, 6) is 2.00. The number of aromatic nitrogens is 2. The van der Waals surface area contributed by atoms with E-state index in [2.05, 4.69) is 34.5 Å². The van der Waals surface area contributed by atoms with Gasteiger partial charge in [-0.1, -0.05) is 18.2 Å². The molecule has 15 heavy (non-hydrogen) atoms. The maximum Gasteiger partial charge on any atom is 0.278 e. The van der Waals surface area contributed by atoms with E-state index < -0.39 is 0 Å². The molecule has 0 amide bonds. The third-order valence-electron chi connectivity index (χ3n) is 2.41. The Morgan fingerprint density at radius 1 is 1.33 bits per heavy atom. The summed E-state index contributed by atoms with van der Waals surface area (Å²) < 4.78 is 6.08. The van der Waals surface area contributed by atoms with Gasteiger partial charge in [0.05, 0.1) is 5.92 Å². The van der Waals surface area contributed by atoms with E-state index in [-0.39, 0.29) is 5.92 Å². The molecule has 1 unspecified atom stereocenters. The predicted molar refractivity (Wildman–Crippen MR) is 66.0 cm³/mol. The SMILES string of the molecule is Ic1nnc(C2CSc3ccccc32)o1. The molecule has 1 atom stereocenters. The molecule has 5 heteroatoms. The van der Waals surface area contributed by atoms with Crippen molar-refractivity contribution in [1.82, 2.24) is 10.2 Å². The van der Waals surface area contributed by atoms with Crippen molar-refractivity contribution in [3.63, 3.8) is 0 Å². The lowest BCUT2D eigenvalue weighted by Crippen LogP contribution is -1.99. The van der Waals surface area contributed by atoms with Crippen LogP contribution in [0.25, 0.3) is 0 Å². The quantitative estimate of drug-likeness (QED) is 0.754. The van der Waals surface area contributed by atoms with Crippen LogP contribution < -0.4 is 0 Å². The fraction of sp³-hybridized carbons (Fsp3) is 0.200. The van der Waals surface area contributed by atoms with Gasteiger partial charge in [-0.15, -0.1) is 22.0 Å². The minimum atomic E-state index is 0.266. The second kappa shape index (κ2) is 3.79. The lowest BCUT2D eigenvalue weighted by molar-refractivity contribution is 0.459. The van der Waals surface area contributed by atoms with Gasteiger partial charge in [0.15, 0.2) is 0 Å². The van der Waals surface area contributed by atoms with Gasteiger partial charge in [-0.25, -0.2) is 0 Å². The zero-order chi connectivity index (χ0) is 10.3. The number of thioether (sulfide) groups is 1. The molecule has 0 radical (unpaired) electrons. The lowest BCUT2D eigenvalue weighted by atomic mass is 10.0. The largest absolute Gasteiger partial charge is 0.416 e. The van der Waals surface area contributed by atoms with Gasteiger partial charge in [-0.05, 0) is 11.6 Å². The molecule has 76 valence electrons. The van der Waals surface area contributed by atoms with Crippen LogP contribution in [0, 0.1) is 3.90 Å². The molecule has 3 rings (SSSR count). The van der Waals surface area contributed by atoms with Crippen LogP contribution in [0.3, 0.4) is 0 Å². The topological polar surface area (TPSA) is 38.9 Å². The summed E-state index contributed by atoms with van der Waals surface area (Å²) in [6.07, 6.45) is 0. The van der Waals surface area contributed by atoms with Crippen LogP contribution in [0.4, 0.5) is 0 Å². The third kappa shape index (κ3) is 1.67. The van der Waals surface area contributed by atoms with Crippen LogP contribution in [0.5, 0.6) is 0 Å². The molecular formula is C10H7IN2OS. The molecule has 0 aliphatic carbocycles. The number of benzene rings is 1. The molecule has 2 aromatic rings. The van der Waals surface area contributed by atoms with Crippen molar-refractivity contribution in [2.45, 2.75) is 10.8 Å². The highest BCUT2D eigenvalue weighted by molar-refractivity contribution is 14.1. The first kappa shape index (κ1) is 9.65. The normalized spacial score (nSPS) is 19.1. The van der Waals surface area contributed by atoms with Gasteiger partial charge in [0.1, 0.15) is 0 Å². The van der Waals surface area contributed by atoms with Crippen molar-refractivity contribution in [1.29, 1.82) is 0 Å². The summed E-state index contributed by atoms with van der Waals surface area (Å²) in [6, 6.07) is 8.39. The molecule has 0 fully saturated rings. The average Bonchev–Trinajstić information content (AvgIpc) is 2.83. The summed E-state index contributed by atoms with van der Waals surface area (Å²) >= 11 is 3.89. The van der Waals surface area contributed by atoms with Gasteiger partial charge < -0.3 is 4.42 Å². The van der Waals surface area contributed by atoms with E-state index in [0.717, 1.165) is 11.6 Å². The van der Waals surface area contributed by atoms with Gasteiger partial charge >= 0.3 is 0 Å². The van der Waals surface area contributed by atoms with Crippen LogP contribution in [0.1, 0.15) is 17.4 Å². The second-order valence-corrected chi connectivity index (χ2v) is 5.28. The van der Waals surface area contributed by atoms with Gasteiger partial charge in [-0.3, -0.25) is 0 Å². The van der Waals surface area contributed by atoms with E-state index in [1.54, 1.807) is 0 Å². The highest BCUT2D eigenvalue weighted by Crippen LogP contribution is 2.42. The first-order valence-corrected chi connectivity index (χ1v) is 6.61. The summed E-state index contributed by atoms with van der Waals surface area (Å²) in [5, 5.41) is 7.95. The van der Waals surface area contributed by atoms with Crippen LogP contribution in [-0.2, 0) is 0 Å². The highest BCUT2D eigenvalue weighted by Gasteiger charge is 2.28. The standard InChI is InChI=1S/C10H7IN2OS/c11-10-13-12-9(14-10)7-5-15-8-4-2-1-3-6(7)8/h1-4,7H,5H2. The summed E-state index contributed by atoms with van der Waals surface area (Å²) in [5.41, 5.74) is 1.31. The predicted octanol–water partition coefficient (Wildman–Crippen LogP) is 2.91. The summed E-state index contributed by atoms with van der Waals surface area (Å²) in [7, 11) is 0. The molecule has 0 saturated heterocycles. The van der Waals surface area contributed by atoms with E-state index in [0.29, 0.717) is 3.90 Å². The number of halogens is 1. The molecule has 0 spiro atoms. The summed E-state index contributed by atoms with van der Waals surface area (Å²) in [6.45, 7) is 0. The maximum absolute atomic E-state index is 5.48. The Bertz CT molecular complexity index is 500. The molecule has 2 heterocycles. The minimum Gasteiger partial charge on any atom is -0.416 e. The molecule has 1 aromatic carbocycles.